The maximum atomic E-state index is 14.9. The predicted molar refractivity (Wildman–Crippen MR) is 155 cm³/mol. The smallest absolute Gasteiger partial charge is 0.418 e. The van der Waals surface area contributed by atoms with Gasteiger partial charge in [0.1, 0.15) is 0 Å². The van der Waals surface area contributed by atoms with Gasteiger partial charge in [0.25, 0.3) is 0 Å². The van der Waals surface area contributed by atoms with Gasteiger partial charge in [-0.2, -0.15) is 0 Å². The lowest BCUT2D eigenvalue weighted by atomic mass is 9.52. The maximum Gasteiger partial charge on any atom is 0.418 e. The van der Waals surface area contributed by atoms with Crippen LogP contribution in [0.2, 0.25) is 0 Å². The fourth-order valence-electron chi connectivity index (χ4n) is 11.5. The minimum Gasteiger partial charge on any atom is -0.452 e. The van der Waals surface area contributed by atoms with E-state index in [0.29, 0.717) is 17.8 Å². The van der Waals surface area contributed by atoms with Crippen LogP contribution in [-0.2, 0) is 4.74 Å². The number of hydrogen-bond donors (Lipinski definition) is 0. The molecule has 0 spiro atoms. The Hall–Kier alpha value is -1.26. The molecule has 0 N–H and O–H groups in total. The quantitative estimate of drug-likeness (QED) is 0.232. The van der Waals surface area contributed by atoms with Gasteiger partial charge < -0.3 is 9.64 Å². The van der Waals surface area contributed by atoms with Crippen LogP contribution < -0.4 is 0 Å². The van der Waals surface area contributed by atoms with Gasteiger partial charge in [-0.25, -0.2) is 14.5 Å². The molecule has 0 atom stereocenters. The Balaban J connectivity index is 1.19. The zero-order valence-electron chi connectivity index (χ0n) is 25.1. The van der Waals surface area contributed by atoms with Crippen LogP contribution in [0.5, 0.6) is 0 Å². The van der Waals surface area contributed by atoms with E-state index in [0.717, 1.165) is 50.0 Å². The Labute approximate surface area is 238 Å². The van der Waals surface area contributed by atoms with Crippen LogP contribution in [0.15, 0.2) is 0 Å². The molecule has 0 radical (unpaired) electrons. The monoisotopic (exact) mass is 540 g/mol. The van der Waals surface area contributed by atoms with Crippen molar-refractivity contribution in [1.29, 1.82) is 0 Å². The molecule has 0 heterocycles. The number of rotatable bonds is 12. The summed E-state index contributed by atoms with van der Waals surface area (Å²) in [4.78, 5) is 32.5. The Morgan fingerprint density at radius 2 is 1.00 bits per heavy atom. The first kappa shape index (κ1) is 27.9. The van der Waals surface area contributed by atoms with Gasteiger partial charge >= 0.3 is 12.1 Å². The lowest BCUT2D eigenvalue weighted by molar-refractivity contribution is -0.0950. The highest BCUT2D eigenvalue weighted by molar-refractivity contribution is 5.92. The highest BCUT2D eigenvalue weighted by atomic mass is 16.5. The molecule has 220 valence electrons. The van der Waals surface area contributed by atoms with Crippen LogP contribution in [0.3, 0.4) is 0 Å². The van der Waals surface area contributed by atoms with Crippen molar-refractivity contribution in [3.05, 3.63) is 0 Å². The Kier molecular flexibility index (Phi) is 8.26. The third-order valence-corrected chi connectivity index (χ3v) is 12.3. The first-order chi connectivity index (χ1) is 18.9. The lowest BCUT2D eigenvalue weighted by Gasteiger charge is -2.63. The summed E-state index contributed by atoms with van der Waals surface area (Å²) < 4.78 is 5.43. The number of carbonyl (C=O) groups excluding carboxylic acids is 2. The number of methoxy groups -OCH3 is 1. The molecule has 0 unspecified atom stereocenters. The normalized spacial score (nSPS) is 39.2. The Bertz CT molecular complexity index is 813. The van der Waals surface area contributed by atoms with E-state index in [2.05, 4.69) is 11.8 Å². The van der Waals surface area contributed by atoms with Crippen LogP contribution in [0.1, 0.15) is 142 Å². The van der Waals surface area contributed by atoms with Gasteiger partial charge in [0.05, 0.1) is 12.6 Å². The van der Waals surface area contributed by atoms with Crippen molar-refractivity contribution in [3.8, 4) is 0 Å². The summed E-state index contributed by atoms with van der Waals surface area (Å²) in [7, 11) is 1.48. The number of nitrogens with zero attached hydrogens (tertiary/aromatic N) is 2. The average molecular weight is 541 g/mol. The van der Waals surface area contributed by atoms with Gasteiger partial charge in [0.2, 0.25) is 0 Å². The van der Waals surface area contributed by atoms with Crippen LogP contribution in [0, 0.1) is 35.5 Å². The van der Waals surface area contributed by atoms with E-state index < -0.39 is 0 Å². The zero-order valence-corrected chi connectivity index (χ0v) is 25.1. The number of imide groups is 1. The summed E-state index contributed by atoms with van der Waals surface area (Å²) in [6.45, 7) is 3.10. The molecule has 5 heteroatoms. The number of amides is 3. The third kappa shape index (κ3) is 5.51. The number of carbonyl (C=O) groups is 2. The van der Waals surface area contributed by atoms with Gasteiger partial charge in [-0.1, -0.05) is 58.3 Å². The zero-order chi connectivity index (χ0) is 27.0. The minimum absolute atomic E-state index is 0.0188. The van der Waals surface area contributed by atoms with Crippen molar-refractivity contribution >= 4 is 12.1 Å². The van der Waals surface area contributed by atoms with Crippen molar-refractivity contribution in [2.75, 3.05) is 13.7 Å². The first-order valence-corrected chi connectivity index (χ1v) is 17.1. The molecule has 8 aliphatic carbocycles. The van der Waals surface area contributed by atoms with Crippen molar-refractivity contribution < 1.29 is 14.3 Å². The highest BCUT2D eigenvalue weighted by Crippen LogP contribution is 2.60. The van der Waals surface area contributed by atoms with E-state index in [1.807, 2.05) is 0 Å². The molecule has 8 rings (SSSR count). The van der Waals surface area contributed by atoms with E-state index in [4.69, 9.17) is 4.74 Å². The average Bonchev–Trinajstić information content (AvgIpc) is 2.88. The highest BCUT2D eigenvalue weighted by Gasteiger charge is 2.60. The summed E-state index contributed by atoms with van der Waals surface area (Å²) in [5, 5.41) is 0. The Morgan fingerprint density at radius 1 is 0.615 bits per heavy atom. The van der Waals surface area contributed by atoms with Gasteiger partial charge in [-0.3, -0.25) is 0 Å². The van der Waals surface area contributed by atoms with Gasteiger partial charge in [-0.05, 0) is 119 Å². The largest absolute Gasteiger partial charge is 0.452 e. The van der Waals surface area contributed by atoms with E-state index in [1.54, 1.807) is 4.90 Å². The minimum atomic E-state index is -0.385. The van der Waals surface area contributed by atoms with Gasteiger partial charge in [0, 0.05) is 12.1 Å². The third-order valence-electron chi connectivity index (χ3n) is 12.3. The van der Waals surface area contributed by atoms with Crippen LogP contribution in [0.4, 0.5) is 9.59 Å². The topological polar surface area (TPSA) is 49.9 Å². The van der Waals surface area contributed by atoms with Crippen molar-refractivity contribution in [3.63, 3.8) is 0 Å². The van der Waals surface area contributed by atoms with E-state index in [-0.39, 0.29) is 23.2 Å². The van der Waals surface area contributed by atoms with Crippen LogP contribution in [0.25, 0.3) is 0 Å². The molecule has 39 heavy (non-hydrogen) atoms. The second-order valence-corrected chi connectivity index (χ2v) is 15.4. The number of ether oxygens (including phenoxy) is 1. The molecule has 0 aromatic rings. The molecule has 8 bridgehead atoms. The van der Waals surface area contributed by atoms with Gasteiger partial charge in [0.15, 0.2) is 0 Å². The van der Waals surface area contributed by atoms with Crippen molar-refractivity contribution in [2.24, 2.45) is 35.5 Å². The molecule has 0 aliphatic heterocycles. The fraction of sp³-hybridized carbons (Fsp3) is 0.941. The molecule has 0 aromatic carbocycles. The lowest BCUT2D eigenvalue weighted by Crippen LogP contribution is -2.69. The van der Waals surface area contributed by atoms with Crippen molar-refractivity contribution in [2.45, 2.75) is 153 Å². The summed E-state index contributed by atoms with van der Waals surface area (Å²) in [6, 6.07) is 0.0188. The van der Waals surface area contributed by atoms with E-state index >= 15 is 0 Å². The molecule has 0 aromatic heterocycles. The van der Waals surface area contributed by atoms with E-state index in [9.17, 15) is 9.59 Å². The van der Waals surface area contributed by atoms with Crippen LogP contribution >= 0.6 is 0 Å². The molecular weight excluding hydrogens is 484 g/mol. The summed E-state index contributed by atoms with van der Waals surface area (Å²) in [6.07, 6.45) is 25.8. The molecule has 8 aliphatic rings. The number of unbranched alkanes of at least 4 members (excludes halogenated alkanes) is 8. The summed E-state index contributed by atoms with van der Waals surface area (Å²) in [5.74, 6) is 4.38. The summed E-state index contributed by atoms with van der Waals surface area (Å²) in [5.41, 5.74) is -0.335. The van der Waals surface area contributed by atoms with Gasteiger partial charge in [-0.15, -0.1) is 0 Å². The number of hydrogen-bond acceptors (Lipinski definition) is 3. The van der Waals surface area contributed by atoms with Crippen molar-refractivity contribution in [1.82, 2.24) is 9.80 Å². The van der Waals surface area contributed by atoms with E-state index in [1.165, 1.54) is 116 Å². The number of urea groups is 1. The molecule has 0 saturated heterocycles. The fourth-order valence-corrected chi connectivity index (χ4v) is 11.5. The molecular formula is C34H56N2O3. The molecule has 8 fully saturated rings. The Morgan fingerprint density at radius 3 is 1.41 bits per heavy atom. The standard InChI is InChI=1S/C34H56N2O3/c1-3-4-5-6-7-8-9-10-11-12-35(33-19-25-13-26(20-33)15-27(14-25)21-33)31(37)36(32(38)39-2)34-22-28-16-29(23-34)18-30(17-28)24-34/h25-30H,3-24H2,1-2H3. The molecule has 5 nitrogen and oxygen atoms in total. The van der Waals surface area contributed by atoms with Crippen LogP contribution in [-0.4, -0.2) is 46.7 Å². The molecule has 3 amide bonds. The SMILES string of the molecule is CCCCCCCCCCCN(C(=O)N(C(=O)OC)C12CC3CC(CC(C3)C1)C2)C12CC3CC(CC(C3)C1)C2. The second kappa shape index (κ2) is 11.6. The summed E-state index contributed by atoms with van der Waals surface area (Å²) >= 11 is 0. The second-order valence-electron chi connectivity index (χ2n) is 15.4. The maximum absolute atomic E-state index is 14.9. The predicted octanol–water partition coefficient (Wildman–Crippen LogP) is 8.95. The molecule has 8 saturated carbocycles. The first-order valence-electron chi connectivity index (χ1n) is 17.1.